The summed E-state index contributed by atoms with van der Waals surface area (Å²) >= 11 is 0. The second-order valence-electron chi connectivity index (χ2n) is 6.47. The average Bonchev–Trinajstić information content (AvgIpc) is 2.86. The van der Waals surface area contributed by atoms with Crippen molar-refractivity contribution in [3.63, 3.8) is 0 Å². The highest BCUT2D eigenvalue weighted by atomic mass is 16.2. The third-order valence-electron chi connectivity index (χ3n) is 4.66. The van der Waals surface area contributed by atoms with E-state index in [0.717, 1.165) is 9.80 Å². The Morgan fingerprint density at radius 2 is 1.13 bits per heavy atom. The highest BCUT2D eigenvalue weighted by molar-refractivity contribution is 5.95. The topological polar surface area (TPSA) is 88.2 Å². The van der Waals surface area contributed by atoms with Crippen molar-refractivity contribution in [3.05, 3.63) is 71.8 Å². The summed E-state index contributed by atoms with van der Waals surface area (Å²) in [7, 11) is 0. The molecule has 0 saturated carbocycles. The van der Waals surface area contributed by atoms with Gasteiger partial charge < -0.3 is 9.80 Å². The summed E-state index contributed by atoms with van der Waals surface area (Å²) in [4.78, 5) is 28.6. The molecule has 0 radical (unpaired) electrons. The lowest BCUT2D eigenvalue weighted by molar-refractivity contribution is 0.0603. The lowest BCUT2D eigenvalue weighted by atomic mass is 10.1. The average molecular weight is 405 g/mol. The van der Waals surface area contributed by atoms with Crippen molar-refractivity contribution in [2.75, 3.05) is 13.1 Å². The van der Waals surface area contributed by atoms with Gasteiger partial charge in [0.2, 0.25) is 0 Å². The number of hydrogen-bond donors (Lipinski definition) is 0. The van der Waals surface area contributed by atoms with Crippen LogP contribution in [-0.2, 0) is 0 Å². The number of nitriles is 2. The van der Waals surface area contributed by atoms with E-state index in [0.29, 0.717) is 11.1 Å². The van der Waals surface area contributed by atoms with Gasteiger partial charge in [0.15, 0.2) is 0 Å². The molecule has 6 nitrogen and oxygen atoms in total. The van der Waals surface area contributed by atoms with Crippen molar-refractivity contribution in [2.24, 2.45) is 0 Å². The summed E-state index contributed by atoms with van der Waals surface area (Å²) in [6.45, 7) is 2.90. The number of carbonyl (C=O) groups excluding carboxylic acids is 2. The molecule has 0 aliphatic carbocycles. The van der Waals surface area contributed by atoms with Crippen molar-refractivity contribution in [1.82, 2.24) is 9.80 Å². The fourth-order valence-electron chi connectivity index (χ4n) is 3.05. The number of benzene rings is 2. The minimum Gasteiger partial charge on any atom is -0.321 e. The van der Waals surface area contributed by atoms with Crippen LogP contribution in [0.15, 0.2) is 60.7 Å². The minimum atomic E-state index is -1.86. The molecule has 2 aromatic rings. The molecular formula is C24H26N4O2. The van der Waals surface area contributed by atoms with E-state index >= 15 is 0 Å². The molecule has 6 heteroatoms. The second kappa shape index (κ2) is 11.4. The van der Waals surface area contributed by atoms with Crippen LogP contribution >= 0.6 is 0 Å². The molecule has 0 N–H and O–H groups in total. The Hall–Kier alpha value is -3.64. The fourth-order valence-corrected chi connectivity index (χ4v) is 3.05. The Kier molecular flexibility index (Phi) is 7.46. The minimum absolute atomic E-state index is 0.0484. The Labute approximate surface area is 180 Å². The zero-order valence-corrected chi connectivity index (χ0v) is 17.2. The standard InChI is InChI=1S/C24H26N4O2/c1-3-21(17-25)27(23(29)19-11-7-5-8-12-19)15-16-28(22(4-2)18-26)24(30)20-13-9-6-10-14-20/h5-14,21-22H,3-4,15-16H2,1-2H3/i21D,22D. The molecule has 2 aromatic carbocycles. The summed E-state index contributed by atoms with van der Waals surface area (Å²) < 4.78 is 17.1. The van der Waals surface area contributed by atoms with Gasteiger partial charge in [-0.15, -0.1) is 0 Å². The summed E-state index contributed by atoms with van der Waals surface area (Å²) in [5.41, 5.74) is 0.614. The largest absolute Gasteiger partial charge is 0.321 e. The maximum absolute atomic E-state index is 13.2. The van der Waals surface area contributed by atoms with Gasteiger partial charge in [-0.25, -0.2) is 0 Å². The Morgan fingerprint density at radius 3 is 1.40 bits per heavy atom. The van der Waals surface area contributed by atoms with Crippen LogP contribution in [0.4, 0.5) is 0 Å². The molecular weight excluding hydrogens is 376 g/mol. The number of amides is 2. The molecule has 0 fully saturated rings. The second-order valence-corrected chi connectivity index (χ2v) is 6.47. The fraction of sp³-hybridized carbons (Fsp3) is 0.333. The van der Waals surface area contributed by atoms with Crippen molar-refractivity contribution in [3.8, 4) is 12.1 Å². The highest BCUT2D eigenvalue weighted by Gasteiger charge is 2.28. The van der Waals surface area contributed by atoms with Crippen LogP contribution in [0.1, 0.15) is 50.1 Å². The molecule has 0 aromatic heterocycles. The van der Waals surface area contributed by atoms with E-state index in [4.69, 9.17) is 2.74 Å². The van der Waals surface area contributed by atoms with Gasteiger partial charge in [-0.3, -0.25) is 9.59 Å². The lowest BCUT2D eigenvalue weighted by Gasteiger charge is -2.32. The van der Waals surface area contributed by atoms with Crippen molar-refractivity contribution >= 4 is 11.8 Å². The van der Waals surface area contributed by atoms with Crippen molar-refractivity contribution < 1.29 is 12.3 Å². The summed E-state index contributed by atoms with van der Waals surface area (Å²) in [5, 5.41) is 19.3. The maximum atomic E-state index is 13.2. The van der Waals surface area contributed by atoms with Crippen LogP contribution in [0.3, 0.4) is 0 Å². The Bertz CT molecular complexity index is 936. The van der Waals surface area contributed by atoms with Crippen molar-refractivity contribution in [2.45, 2.75) is 38.7 Å². The molecule has 2 unspecified atom stereocenters. The summed E-state index contributed by atoms with van der Waals surface area (Å²) in [6.07, 6.45) is 0.0967. The summed E-state index contributed by atoms with van der Waals surface area (Å²) in [6, 6.07) is 16.6. The van der Waals surface area contributed by atoms with Crippen LogP contribution in [0.5, 0.6) is 0 Å². The van der Waals surface area contributed by atoms with Crippen LogP contribution in [0.2, 0.25) is 0 Å². The van der Waals surface area contributed by atoms with E-state index in [2.05, 4.69) is 0 Å². The van der Waals surface area contributed by atoms with Gasteiger partial charge in [0.25, 0.3) is 11.8 Å². The third-order valence-corrected chi connectivity index (χ3v) is 4.66. The Morgan fingerprint density at radius 1 is 0.800 bits per heavy atom. The lowest BCUT2D eigenvalue weighted by Crippen LogP contribution is -2.48. The Balaban J connectivity index is 2.43. The van der Waals surface area contributed by atoms with Gasteiger partial charge in [0.05, 0.1) is 14.9 Å². The molecule has 2 amide bonds. The van der Waals surface area contributed by atoms with E-state index in [9.17, 15) is 20.1 Å². The SMILES string of the molecule is [2H]C(C#N)(CC)N(CCN(C(=O)c1ccccc1)C([2H])(C#N)CC)C(=O)c1ccccc1. The molecule has 0 heterocycles. The van der Waals surface area contributed by atoms with Crippen LogP contribution < -0.4 is 0 Å². The highest BCUT2D eigenvalue weighted by Crippen LogP contribution is 2.15. The maximum Gasteiger partial charge on any atom is 0.254 e. The van der Waals surface area contributed by atoms with Gasteiger partial charge >= 0.3 is 0 Å². The van der Waals surface area contributed by atoms with Crippen LogP contribution in [0, 0.1) is 22.7 Å². The smallest absolute Gasteiger partial charge is 0.254 e. The number of hydrogen-bond acceptors (Lipinski definition) is 4. The van der Waals surface area contributed by atoms with Gasteiger partial charge in [-0.2, -0.15) is 10.5 Å². The van der Waals surface area contributed by atoms with Crippen LogP contribution in [-0.4, -0.2) is 46.7 Å². The molecule has 0 aliphatic rings. The normalized spacial score (nSPS) is 15.2. The summed E-state index contributed by atoms with van der Waals surface area (Å²) in [5.74, 6) is -1.06. The first-order valence-electron chi connectivity index (χ1n) is 10.8. The van der Waals surface area contributed by atoms with E-state index in [-0.39, 0.29) is 25.9 Å². The molecule has 0 aliphatic heterocycles. The predicted molar refractivity (Wildman–Crippen MR) is 114 cm³/mol. The van der Waals surface area contributed by atoms with E-state index < -0.39 is 23.9 Å². The van der Waals surface area contributed by atoms with Crippen molar-refractivity contribution in [1.29, 1.82) is 10.5 Å². The molecule has 154 valence electrons. The van der Waals surface area contributed by atoms with Gasteiger partial charge in [-0.05, 0) is 37.1 Å². The molecule has 30 heavy (non-hydrogen) atoms. The molecule has 0 bridgehead atoms. The van der Waals surface area contributed by atoms with E-state index in [1.807, 2.05) is 12.1 Å². The zero-order valence-electron chi connectivity index (χ0n) is 19.2. The van der Waals surface area contributed by atoms with Crippen LogP contribution in [0.25, 0.3) is 0 Å². The monoisotopic (exact) mass is 404 g/mol. The number of carbonyl (C=O) groups is 2. The van der Waals surface area contributed by atoms with Gasteiger partial charge in [-0.1, -0.05) is 50.2 Å². The van der Waals surface area contributed by atoms with Gasteiger partial charge in [0, 0.05) is 24.2 Å². The molecule has 0 spiro atoms. The number of nitrogens with zero attached hydrogens (tertiary/aromatic N) is 4. The van der Waals surface area contributed by atoms with E-state index in [1.165, 1.54) is 0 Å². The first-order valence-corrected chi connectivity index (χ1v) is 9.83. The third kappa shape index (κ3) is 5.46. The number of rotatable bonds is 9. The quantitative estimate of drug-likeness (QED) is 0.634. The predicted octanol–water partition coefficient (Wildman–Crippen LogP) is 3.88. The molecule has 2 rings (SSSR count). The molecule has 2 atom stereocenters. The van der Waals surface area contributed by atoms with Gasteiger partial charge in [0.1, 0.15) is 12.0 Å². The van der Waals surface area contributed by atoms with E-state index in [1.54, 1.807) is 74.5 Å². The zero-order chi connectivity index (χ0) is 23.8. The molecule has 0 saturated heterocycles. The first-order chi connectivity index (χ1) is 15.3. The first kappa shape index (κ1) is 19.7.